The maximum absolute atomic E-state index is 10.8. The quantitative estimate of drug-likeness (QED) is 0.849. The Morgan fingerprint density at radius 2 is 1.88 bits per heavy atom. The van der Waals surface area contributed by atoms with E-state index < -0.39 is 0 Å². The minimum absolute atomic E-state index is 0.0964. The molecule has 1 aliphatic heterocycles. The summed E-state index contributed by atoms with van der Waals surface area (Å²) in [5.74, 6) is 0.626. The molecule has 6 heteroatoms. The van der Waals surface area contributed by atoms with Gasteiger partial charge < -0.3 is 10.1 Å². The van der Waals surface area contributed by atoms with Crippen molar-refractivity contribution in [1.29, 1.82) is 0 Å². The predicted octanol–water partition coefficient (Wildman–Crippen LogP) is 2.48. The zero-order chi connectivity index (χ0) is 17.9. The number of benzene rings is 1. The molecule has 0 unspecified atom stereocenters. The number of amides is 1. The summed E-state index contributed by atoms with van der Waals surface area (Å²) in [5, 5.41) is 7.28. The van der Waals surface area contributed by atoms with Crippen LogP contribution in [0.15, 0.2) is 30.3 Å². The summed E-state index contributed by atoms with van der Waals surface area (Å²) in [6, 6.07) is 10.2. The SMILES string of the molecule is CC(C)(C)c1cc(N[C]=O)n(-c2ccc(CN3CCOCC3)cc2)n1. The lowest BCUT2D eigenvalue weighted by Crippen LogP contribution is -2.35. The van der Waals surface area contributed by atoms with E-state index in [9.17, 15) is 4.79 Å². The normalized spacial score (nSPS) is 16.0. The van der Waals surface area contributed by atoms with Gasteiger partial charge in [-0.2, -0.15) is 5.10 Å². The second kappa shape index (κ2) is 7.37. The zero-order valence-electron chi connectivity index (χ0n) is 15.1. The number of ether oxygens (including phenoxy) is 1. The van der Waals surface area contributed by atoms with Crippen LogP contribution in [0.5, 0.6) is 0 Å². The smallest absolute Gasteiger partial charge is 0.315 e. The number of rotatable bonds is 5. The highest BCUT2D eigenvalue weighted by atomic mass is 16.5. The third-order valence-corrected chi connectivity index (χ3v) is 4.35. The number of anilines is 1. The van der Waals surface area contributed by atoms with Crippen molar-refractivity contribution in [2.75, 3.05) is 31.6 Å². The summed E-state index contributed by atoms with van der Waals surface area (Å²) in [4.78, 5) is 13.2. The van der Waals surface area contributed by atoms with Crippen molar-refractivity contribution < 1.29 is 9.53 Å². The van der Waals surface area contributed by atoms with Crippen LogP contribution in [0.2, 0.25) is 0 Å². The Morgan fingerprint density at radius 3 is 2.48 bits per heavy atom. The van der Waals surface area contributed by atoms with E-state index >= 15 is 0 Å². The molecule has 0 aliphatic carbocycles. The van der Waals surface area contributed by atoms with Gasteiger partial charge in [0.2, 0.25) is 0 Å². The molecule has 25 heavy (non-hydrogen) atoms. The summed E-state index contributed by atoms with van der Waals surface area (Å²) in [6.07, 6.45) is 1.75. The number of hydrogen-bond acceptors (Lipinski definition) is 4. The Hall–Kier alpha value is -2.18. The summed E-state index contributed by atoms with van der Waals surface area (Å²) in [5.41, 5.74) is 2.99. The molecule has 1 saturated heterocycles. The van der Waals surface area contributed by atoms with Gasteiger partial charge in [0, 0.05) is 31.1 Å². The lowest BCUT2D eigenvalue weighted by molar-refractivity contribution is 0.0342. The highest BCUT2D eigenvalue weighted by Crippen LogP contribution is 2.26. The van der Waals surface area contributed by atoms with Crippen LogP contribution in [0.4, 0.5) is 5.82 Å². The van der Waals surface area contributed by atoms with Crippen LogP contribution in [0, 0.1) is 0 Å². The van der Waals surface area contributed by atoms with E-state index in [-0.39, 0.29) is 5.41 Å². The van der Waals surface area contributed by atoms with E-state index in [1.54, 1.807) is 11.1 Å². The number of carbonyl (C=O) groups excluding carboxylic acids is 1. The first-order valence-corrected chi connectivity index (χ1v) is 8.60. The van der Waals surface area contributed by atoms with Gasteiger partial charge >= 0.3 is 6.41 Å². The largest absolute Gasteiger partial charge is 0.379 e. The third-order valence-electron chi connectivity index (χ3n) is 4.35. The molecule has 1 aromatic heterocycles. The molecular weight excluding hydrogens is 316 g/mol. The summed E-state index contributed by atoms with van der Waals surface area (Å²) < 4.78 is 7.14. The van der Waals surface area contributed by atoms with Gasteiger partial charge in [-0.15, -0.1) is 0 Å². The number of nitrogens with one attached hydrogen (secondary N) is 1. The van der Waals surface area contributed by atoms with Gasteiger partial charge in [0.1, 0.15) is 5.82 Å². The molecule has 1 radical (unpaired) electrons. The highest BCUT2D eigenvalue weighted by Gasteiger charge is 2.20. The fourth-order valence-electron chi connectivity index (χ4n) is 2.85. The van der Waals surface area contributed by atoms with Gasteiger partial charge in [-0.25, -0.2) is 4.68 Å². The Kier molecular flexibility index (Phi) is 5.20. The molecule has 6 nitrogen and oxygen atoms in total. The molecule has 133 valence electrons. The standard InChI is InChI=1S/C19H25N4O2/c1-19(2,3)17-12-18(20-14-24)23(21-17)16-6-4-15(5-7-16)13-22-8-10-25-11-9-22/h4-7,12H,8-11,13H2,1-3H3,(H,20,24). The predicted molar refractivity (Wildman–Crippen MR) is 97.7 cm³/mol. The van der Waals surface area contributed by atoms with E-state index in [1.807, 2.05) is 18.2 Å². The van der Waals surface area contributed by atoms with Gasteiger partial charge in [-0.3, -0.25) is 9.69 Å². The molecule has 2 aromatic rings. The lowest BCUT2D eigenvalue weighted by atomic mass is 9.92. The lowest BCUT2D eigenvalue weighted by Gasteiger charge is -2.26. The van der Waals surface area contributed by atoms with Gasteiger partial charge in [-0.1, -0.05) is 32.9 Å². The molecule has 0 bridgehead atoms. The van der Waals surface area contributed by atoms with E-state index in [4.69, 9.17) is 4.74 Å². The molecule has 0 saturated carbocycles. The first-order valence-electron chi connectivity index (χ1n) is 8.60. The fourth-order valence-corrected chi connectivity index (χ4v) is 2.85. The molecular formula is C19H25N4O2. The van der Waals surface area contributed by atoms with E-state index in [0.29, 0.717) is 5.82 Å². The summed E-state index contributed by atoms with van der Waals surface area (Å²) in [7, 11) is 0. The van der Waals surface area contributed by atoms with Crippen molar-refractivity contribution in [3.8, 4) is 5.69 Å². The van der Waals surface area contributed by atoms with Crippen LogP contribution in [-0.2, 0) is 21.5 Å². The minimum atomic E-state index is -0.0964. The molecule has 3 rings (SSSR count). The summed E-state index contributed by atoms with van der Waals surface area (Å²) in [6.45, 7) is 10.8. The van der Waals surface area contributed by atoms with Crippen molar-refractivity contribution in [1.82, 2.24) is 14.7 Å². The van der Waals surface area contributed by atoms with E-state index in [2.05, 4.69) is 48.2 Å². The van der Waals surface area contributed by atoms with Gasteiger partial charge in [0.15, 0.2) is 0 Å². The topological polar surface area (TPSA) is 59.4 Å². The number of morpholine rings is 1. The Bertz CT molecular complexity index is 710. The Morgan fingerprint density at radius 1 is 1.20 bits per heavy atom. The van der Waals surface area contributed by atoms with Crippen molar-refractivity contribution in [2.24, 2.45) is 0 Å². The Labute approximate surface area is 148 Å². The number of nitrogens with zero attached hydrogens (tertiary/aromatic N) is 3. The molecule has 0 spiro atoms. The highest BCUT2D eigenvalue weighted by molar-refractivity contribution is 5.71. The minimum Gasteiger partial charge on any atom is -0.379 e. The van der Waals surface area contributed by atoms with Crippen molar-refractivity contribution in [3.63, 3.8) is 0 Å². The van der Waals surface area contributed by atoms with Crippen molar-refractivity contribution in [2.45, 2.75) is 32.7 Å². The third kappa shape index (κ3) is 4.27. The van der Waals surface area contributed by atoms with Crippen LogP contribution < -0.4 is 5.32 Å². The molecule has 1 fully saturated rings. The molecule has 1 aliphatic rings. The molecule has 0 atom stereocenters. The molecule has 1 N–H and O–H groups in total. The van der Waals surface area contributed by atoms with Crippen LogP contribution in [0.3, 0.4) is 0 Å². The number of hydrogen-bond donors (Lipinski definition) is 1. The molecule has 1 aromatic carbocycles. The van der Waals surface area contributed by atoms with Gasteiger partial charge in [-0.05, 0) is 17.7 Å². The monoisotopic (exact) mass is 341 g/mol. The fraction of sp³-hybridized carbons (Fsp3) is 0.474. The first-order chi connectivity index (χ1) is 12.0. The first kappa shape index (κ1) is 17.6. The van der Waals surface area contributed by atoms with Gasteiger partial charge in [0.05, 0.1) is 24.6 Å². The van der Waals surface area contributed by atoms with Crippen LogP contribution in [-0.4, -0.2) is 47.4 Å². The summed E-state index contributed by atoms with van der Waals surface area (Å²) >= 11 is 0. The van der Waals surface area contributed by atoms with Crippen LogP contribution in [0.25, 0.3) is 5.69 Å². The second-order valence-electron chi connectivity index (χ2n) is 7.36. The Balaban J connectivity index is 1.81. The van der Waals surface area contributed by atoms with Crippen LogP contribution in [0.1, 0.15) is 32.0 Å². The van der Waals surface area contributed by atoms with Gasteiger partial charge in [0.25, 0.3) is 0 Å². The average molecular weight is 341 g/mol. The maximum atomic E-state index is 10.8. The second-order valence-corrected chi connectivity index (χ2v) is 7.36. The van der Waals surface area contributed by atoms with E-state index in [0.717, 1.165) is 44.2 Å². The van der Waals surface area contributed by atoms with E-state index in [1.165, 1.54) is 5.56 Å². The molecule has 2 heterocycles. The van der Waals surface area contributed by atoms with Crippen molar-refractivity contribution in [3.05, 3.63) is 41.6 Å². The van der Waals surface area contributed by atoms with Crippen molar-refractivity contribution >= 4 is 12.2 Å². The van der Waals surface area contributed by atoms with Crippen LogP contribution >= 0.6 is 0 Å². The maximum Gasteiger partial charge on any atom is 0.315 e. The average Bonchev–Trinajstić information content (AvgIpc) is 3.01. The number of aromatic nitrogens is 2. The molecule has 1 amide bonds. The zero-order valence-corrected chi connectivity index (χ0v) is 15.1.